The summed E-state index contributed by atoms with van der Waals surface area (Å²) in [4.78, 5) is 46.7. The summed E-state index contributed by atoms with van der Waals surface area (Å²) in [5.74, 6) is -0.0322. The molecule has 0 aliphatic heterocycles. The molecule has 2 amide bonds. The molecule has 1 saturated carbocycles. The summed E-state index contributed by atoms with van der Waals surface area (Å²) in [5, 5.41) is 5.25. The van der Waals surface area contributed by atoms with Gasteiger partial charge in [-0.05, 0) is 63.6 Å². The summed E-state index contributed by atoms with van der Waals surface area (Å²) in [7, 11) is 1.35. The fourth-order valence-electron chi connectivity index (χ4n) is 4.31. The van der Waals surface area contributed by atoms with E-state index in [0.717, 1.165) is 35.4 Å². The van der Waals surface area contributed by atoms with Gasteiger partial charge in [-0.15, -0.1) is 34.0 Å². The van der Waals surface area contributed by atoms with Gasteiger partial charge in [0.1, 0.15) is 10.6 Å². The number of rotatable bonds is 7. The fourth-order valence-corrected chi connectivity index (χ4v) is 6.90. The van der Waals surface area contributed by atoms with E-state index in [-0.39, 0.29) is 23.8 Å². The molecule has 4 rings (SSSR count). The van der Waals surface area contributed by atoms with Crippen LogP contribution in [-0.2, 0) is 9.53 Å². The van der Waals surface area contributed by atoms with Crippen molar-refractivity contribution in [1.29, 1.82) is 0 Å². The van der Waals surface area contributed by atoms with Crippen LogP contribution < -0.4 is 10.2 Å². The Bertz CT molecular complexity index is 1190. The van der Waals surface area contributed by atoms with Crippen molar-refractivity contribution in [2.24, 2.45) is 11.8 Å². The molecule has 1 aliphatic carbocycles. The summed E-state index contributed by atoms with van der Waals surface area (Å²) in [6.45, 7) is 6.17. The molecular weight excluding hydrogens is 502 g/mol. The zero-order valence-corrected chi connectivity index (χ0v) is 22.6. The van der Waals surface area contributed by atoms with Gasteiger partial charge in [0.25, 0.3) is 5.91 Å². The van der Waals surface area contributed by atoms with E-state index in [4.69, 9.17) is 4.74 Å². The summed E-state index contributed by atoms with van der Waals surface area (Å²) >= 11 is 4.08. The maximum atomic E-state index is 13.6. The van der Waals surface area contributed by atoms with E-state index in [2.05, 4.69) is 17.2 Å². The van der Waals surface area contributed by atoms with Crippen molar-refractivity contribution >= 4 is 62.5 Å². The van der Waals surface area contributed by atoms with Crippen LogP contribution in [0.15, 0.2) is 29.1 Å². The molecule has 0 saturated heterocycles. The van der Waals surface area contributed by atoms with E-state index in [1.807, 2.05) is 32.0 Å². The molecule has 0 bridgehead atoms. The van der Waals surface area contributed by atoms with Crippen molar-refractivity contribution in [1.82, 2.24) is 4.98 Å². The number of nitrogens with one attached hydrogen (secondary N) is 1. The van der Waals surface area contributed by atoms with Crippen LogP contribution in [0.2, 0.25) is 0 Å². The predicted molar refractivity (Wildman–Crippen MR) is 143 cm³/mol. The molecule has 10 heteroatoms. The lowest BCUT2D eigenvalue weighted by molar-refractivity contribution is -0.123. The first kappa shape index (κ1) is 25.5. The van der Waals surface area contributed by atoms with Gasteiger partial charge < -0.3 is 15.0 Å². The average Bonchev–Trinajstić information content (AvgIpc) is 3.60. The number of aromatic nitrogens is 1. The minimum Gasteiger partial charge on any atom is -0.465 e. The number of thiophene rings is 2. The summed E-state index contributed by atoms with van der Waals surface area (Å²) < 4.78 is 5.07. The van der Waals surface area contributed by atoms with Crippen LogP contribution in [0, 0.1) is 11.8 Å². The first-order chi connectivity index (χ1) is 16.8. The number of thiazole rings is 1. The number of hydrogen-bond donors (Lipinski definition) is 1. The highest BCUT2D eigenvalue weighted by Gasteiger charge is 2.33. The van der Waals surface area contributed by atoms with Crippen molar-refractivity contribution in [3.63, 3.8) is 0 Å². The van der Waals surface area contributed by atoms with Crippen LogP contribution in [0.1, 0.15) is 66.6 Å². The molecule has 3 aromatic rings. The third-order valence-electron chi connectivity index (χ3n) is 6.21. The molecule has 3 aromatic heterocycles. The van der Waals surface area contributed by atoms with Gasteiger partial charge in [0.05, 0.1) is 23.3 Å². The lowest BCUT2D eigenvalue weighted by Gasteiger charge is -2.33. The number of hydrogen-bond acceptors (Lipinski definition) is 8. The second-order valence-electron chi connectivity index (χ2n) is 9.07. The summed E-state index contributed by atoms with van der Waals surface area (Å²) in [6.07, 6.45) is 3.85. The minimum absolute atomic E-state index is 0.0308. The SMILES string of the molecule is COC(=O)c1sc(-c2ccc(NC(=O)c3cscn3)s2)cc1N(C(=O)C1CCC(C)CC1)C(C)C. The highest BCUT2D eigenvalue weighted by molar-refractivity contribution is 7.25. The second kappa shape index (κ2) is 11.0. The molecule has 1 aliphatic rings. The van der Waals surface area contributed by atoms with E-state index >= 15 is 0 Å². The second-order valence-corrected chi connectivity index (χ2v) is 11.9. The number of carbonyl (C=O) groups excluding carboxylic acids is 3. The van der Waals surface area contributed by atoms with E-state index < -0.39 is 5.97 Å². The number of nitrogens with zero attached hydrogens (tertiary/aromatic N) is 2. The third-order valence-corrected chi connectivity index (χ3v) is 9.10. The Morgan fingerprint density at radius 1 is 1.11 bits per heavy atom. The van der Waals surface area contributed by atoms with Gasteiger partial charge in [-0.1, -0.05) is 6.92 Å². The van der Waals surface area contributed by atoms with Gasteiger partial charge in [-0.2, -0.15) is 0 Å². The van der Waals surface area contributed by atoms with Gasteiger partial charge >= 0.3 is 5.97 Å². The number of anilines is 2. The molecule has 1 fully saturated rings. The Kier molecular flexibility index (Phi) is 8.03. The average molecular weight is 532 g/mol. The molecule has 0 atom stereocenters. The summed E-state index contributed by atoms with van der Waals surface area (Å²) in [5.41, 5.74) is 2.59. The van der Waals surface area contributed by atoms with E-state index in [1.54, 1.807) is 15.8 Å². The predicted octanol–water partition coefficient (Wildman–Crippen LogP) is 6.54. The fraction of sp³-hybridized carbons (Fsp3) is 0.440. The van der Waals surface area contributed by atoms with E-state index in [0.29, 0.717) is 27.2 Å². The molecule has 0 unspecified atom stereocenters. The number of amides is 2. The molecule has 186 valence electrons. The van der Waals surface area contributed by atoms with Crippen molar-refractivity contribution in [3.05, 3.63) is 39.7 Å². The Balaban J connectivity index is 1.63. The first-order valence-corrected chi connectivity index (χ1v) is 14.2. The Labute approximate surface area is 217 Å². The highest BCUT2D eigenvalue weighted by Crippen LogP contribution is 2.43. The van der Waals surface area contributed by atoms with Gasteiger partial charge in [0, 0.05) is 27.1 Å². The maximum absolute atomic E-state index is 13.6. The van der Waals surface area contributed by atoms with Gasteiger partial charge in [-0.25, -0.2) is 9.78 Å². The minimum atomic E-state index is -0.458. The standard InChI is InChI=1S/C25H29N3O4S3/c1-14(2)28(24(30)16-7-5-15(3)6-8-16)18-11-20(35-22(18)25(31)32-4)19-9-10-21(34-19)27-23(29)17-12-33-13-26-17/h9-16H,5-8H2,1-4H3,(H,27,29). The van der Waals surface area contributed by atoms with E-state index in [1.165, 1.54) is 41.1 Å². The van der Waals surface area contributed by atoms with E-state index in [9.17, 15) is 14.4 Å². The molecule has 35 heavy (non-hydrogen) atoms. The zero-order valence-electron chi connectivity index (χ0n) is 20.2. The van der Waals surface area contributed by atoms with Gasteiger partial charge in [0.2, 0.25) is 5.91 Å². The van der Waals surface area contributed by atoms with Crippen LogP contribution in [0.3, 0.4) is 0 Å². The number of ether oxygens (including phenoxy) is 1. The summed E-state index contributed by atoms with van der Waals surface area (Å²) in [6, 6.07) is 5.53. The van der Waals surface area contributed by atoms with Crippen LogP contribution in [-0.4, -0.2) is 35.9 Å². The van der Waals surface area contributed by atoms with Crippen molar-refractivity contribution < 1.29 is 19.1 Å². The Morgan fingerprint density at radius 2 is 1.86 bits per heavy atom. The highest BCUT2D eigenvalue weighted by atomic mass is 32.1. The topological polar surface area (TPSA) is 88.6 Å². The largest absolute Gasteiger partial charge is 0.465 e. The lowest BCUT2D eigenvalue weighted by atomic mass is 9.82. The number of carbonyl (C=O) groups is 3. The molecule has 0 spiro atoms. The normalized spacial score (nSPS) is 17.9. The molecule has 0 radical (unpaired) electrons. The number of esters is 1. The smallest absolute Gasteiger partial charge is 0.350 e. The zero-order chi connectivity index (χ0) is 25.1. The van der Waals surface area contributed by atoms with Crippen molar-refractivity contribution in [2.75, 3.05) is 17.3 Å². The van der Waals surface area contributed by atoms with Gasteiger partial charge in [-0.3, -0.25) is 9.59 Å². The van der Waals surface area contributed by atoms with Crippen molar-refractivity contribution in [2.45, 2.75) is 52.5 Å². The first-order valence-electron chi connectivity index (χ1n) is 11.6. The molecular formula is C25H29N3O4S3. The molecule has 7 nitrogen and oxygen atoms in total. The molecule has 0 aromatic carbocycles. The Hall–Kier alpha value is -2.56. The number of methoxy groups -OCH3 is 1. The monoisotopic (exact) mass is 531 g/mol. The molecule has 1 N–H and O–H groups in total. The third kappa shape index (κ3) is 5.65. The van der Waals surface area contributed by atoms with Crippen LogP contribution >= 0.6 is 34.0 Å². The van der Waals surface area contributed by atoms with Gasteiger partial charge in [0.15, 0.2) is 0 Å². The molecule has 3 heterocycles. The Morgan fingerprint density at radius 3 is 2.49 bits per heavy atom. The van der Waals surface area contributed by atoms with Crippen LogP contribution in [0.25, 0.3) is 9.75 Å². The van der Waals surface area contributed by atoms with Crippen LogP contribution in [0.4, 0.5) is 10.7 Å². The maximum Gasteiger partial charge on any atom is 0.350 e. The van der Waals surface area contributed by atoms with Crippen LogP contribution in [0.5, 0.6) is 0 Å². The lowest BCUT2D eigenvalue weighted by Crippen LogP contribution is -2.42. The van der Waals surface area contributed by atoms with Crippen molar-refractivity contribution in [3.8, 4) is 9.75 Å². The quantitative estimate of drug-likeness (QED) is 0.350.